The number of nitrogens with one attached hydrogen (secondary N) is 2. The van der Waals surface area contributed by atoms with Gasteiger partial charge in [0.1, 0.15) is 5.60 Å². The third-order valence-corrected chi connectivity index (χ3v) is 4.58. The van der Waals surface area contributed by atoms with Gasteiger partial charge in [0.2, 0.25) is 0 Å². The molecule has 0 aliphatic carbocycles. The van der Waals surface area contributed by atoms with E-state index in [1.54, 1.807) is 0 Å². The number of ether oxygens (including phenoxy) is 3. The SMILES string of the molecule is CCNC(=NCCCOCC1CCCO1)N1CCC(NC(=O)OC(C)(C)C)C1. The molecule has 28 heavy (non-hydrogen) atoms. The van der Waals surface area contributed by atoms with Crippen LogP contribution in [0.4, 0.5) is 4.79 Å². The number of rotatable bonds is 8. The lowest BCUT2D eigenvalue weighted by atomic mass is 10.2. The van der Waals surface area contributed by atoms with Crippen molar-refractivity contribution in [2.75, 3.05) is 46.0 Å². The van der Waals surface area contributed by atoms with Gasteiger partial charge in [0.15, 0.2) is 5.96 Å². The third kappa shape index (κ3) is 8.65. The maximum Gasteiger partial charge on any atom is 0.407 e. The highest BCUT2D eigenvalue weighted by molar-refractivity contribution is 5.80. The Balaban J connectivity index is 1.68. The fourth-order valence-electron chi connectivity index (χ4n) is 3.31. The van der Waals surface area contributed by atoms with E-state index in [0.29, 0.717) is 19.8 Å². The fraction of sp³-hybridized carbons (Fsp3) is 0.900. The summed E-state index contributed by atoms with van der Waals surface area (Å²) in [6.45, 7) is 13.1. The summed E-state index contributed by atoms with van der Waals surface area (Å²) >= 11 is 0. The lowest BCUT2D eigenvalue weighted by molar-refractivity contribution is 0.0170. The van der Waals surface area contributed by atoms with Gasteiger partial charge in [0, 0.05) is 39.4 Å². The van der Waals surface area contributed by atoms with E-state index in [2.05, 4.69) is 22.5 Å². The molecule has 2 aliphatic heterocycles. The smallest absolute Gasteiger partial charge is 0.407 e. The molecule has 2 aliphatic rings. The van der Waals surface area contributed by atoms with Crippen molar-refractivity contribution in [3.63, 3.8) is 0 Å². The van der Waals surface area contributed by atoms with Crippen molar-refractivity contribution in [3.05, 3.63) is 0 Å². The Morgan fingerprint density at radius 1 is 1.32 bits per heavy atom. The molecular formula is C20H38N4O4. The van der Waals surface area contributed by atoms with E-state index >= 15 is 0 Å². The van der Waals surface area contributed by atoms with E-state index in [9.17, 15) is 4.79 Å². The van der Waals surface area contributed by atoms with E-state index in [4.69, 9.17) is 19.2 Å². The molecule has 2 N–H and O–H groups in total. The Hall–Kier alpha value is -1.54. The van der Waals surface area contributed by atoms with Gasteiger partial charge in [-0.15, -0.1) is 0 Å². The molecule has 0 saturated carbocycles. The summed E-state index contributed by atoms with van der Waals surface area (Å²) in [5.74, 6) is 0.898. The number of hydrogen-bond donors (Lipinski definition) is 2. The molecule has 2 unspecified atom stereocenters. The van der Waals surface area contributed by atoms with Crippen molar-refractivity contribution in [3.8, 4) is 0 Å². The molecule has 2 saturated heterocycles. The number of alkyl carbamates (subject to hydrolysis) is 1. The third-order valence-electron chi connectivity index (χ3n) is 4.58. The number of guanidine groups is 1. The lowest BCUT2D eigenvalue weighted by Crippen LogP contribution is -2.44. The maximum absolute atomic E-state index is 12.0. The number of nitrogens with zero attached hydrogens (tertiary/aromatic N) is 2. The van der Waals surface area contributed by atoms with Crippen LogP contribution in [-0.2, 0) is 14.2 Å². The van der Waals surface area contributed by atoms with Gasteiger partial charge in [-0.25, -0.2) is 4.79 Å². The molecular weight excluding hydrogens is 360 g/mol. The van der Waals surface area contributed by atoms with Crippen LogP contribution >= 0.6 is 0 Å². The van der Waals surface area contributed by atoms with Crippen LogP contribution < -0.4 is 10.6 Å². The van der Waals surface area contributed by atoms with Gasteiger partial charge >= 0.3 is 6.09 Å². The van der Waals surface area contributed by atoms with Gasteiger partial charge in [-0.05, 0) is 53.4 Å². The predicted molar refractivity (Wildman–Crippen MR) is 110 cm³/mol. The molecule has 2 atom stereocenters. The molecule has 0 aromatic carbocycles. The lowest BCUT2D eigenvalue weighted by Gasteiger charge is -2.23. The van der Waals surface area contributed by atoms with E-state index in [0.717, 1.165) is 57.9 Å². The van der Waals surface area contributed by atoms with Crippen molar-refractivity contribution in [1.82, 2.24) is 15.5 Å². The second-order valence-corrected chi connectivity index (χ2v) is 8.38. The van der Waals surface area contributed by atoms with Crippen LogP contribution in [0.5, 0.6) is 0 Å². The van der Waals surface area contributed by atoms with Gasteiger partial charge in [-0.1, -0.05) is 0 Å². The number of likely N-dealkylation sites (tertiary alicyclic amines) is 1. The van der Waals surface area contributed by atoms with Crippen LogP contribution in [-0.4, -0.2) is 80.7 Å². The molecule has 0 aromatic rings. The van der Waals surface area contributed by atoms with Gasteiger partial charge in [-0.2, -0.15) is 0 Å². The van der Waals surface area contributed by atoms with Gasteiger partial charge in [-0.3, -0.25) is 4.99 Å². The van der Waals surface area contributed by atoms with Gasteiger partial charge in [0.25, 0.3) is 0 Å². The molecule has 162 valence electrons. The molecule has 2 rings (SSSR count). The van der Waals surface area contributed by atoms with Crippen molar-refractivity contribution < 1.29 is 19.0 Å². The molecule has 2 fully saturated rings. The Morgan fingerprint density at radius 2 is 2.14 bits per heavy atom. The summed E-state index contributed by atoms with van der Waals surface area (Å²) in [4.78, 5) is 18.9. The van der Waals surface area contributed by atoms with E-state index in [1.165, 1.54) is 0 Å². The van der Waals surface area contributed by atoms with Crippen LogP contribution in [0.1, 0.15) is 53.4 Å². The van der Waals surface area contributed by atoms with E-state index in [1.807, 2.05) is 20.8 Å². The summed E-state index contributed by atoms with van der Waals surface area (Å²) in [6, 6.07) is 0.0773. The summed E-state index contributed by atoms with van der Waals surface area (Å²) in [7, 11) is 0. The average Bonchev–Trinajstić information content (AvgIpc) is 3.27. The summed E-state index contributed by atoms with van der Waals surface area (Å²) in [6.07, 6.45) is 3.94. The van der Waals surface area contributed by atoms with Crippen LogP contribution in [0.2, 0.25) is 0 Å². The van der Waals surface area contributed by atoms with Gasteiger partial charge < -0.3 is 29.7 Å². The molecule has 0 radical (unpaired) electrons. The Kier molecular flexibility index (Phi) is 9.31. The molecule has 0 bridgehead atoms. The largest absolute Gasteiger partial charge is 0.444 e. The zero-order valence-corrected chi connectivity index (χ0v) is 18.0. The number of aliphatic imine (C=N–C) groups is 1. The zero-order valence-electron chi connectivity index (χ0n) is 18.0. The first kappa shape index (κ1) is 22.7. The number of carbonyl (C=O) groups is 1. The highest BCUT2D eigenvalue weighted by Crippen LogP contribution is 2.13. The topological polar surface area (TPSA) is 84.4 Å². The van der Waals surface area contributed by atoms with E-state index in [-0.39, 0.29) is 18.2 Å². The summed E-state index contributed by atoms with van der Waals surface area (Å²) in [5, 5.41) is 6.30. The van der Waals surface area contributed by atoms with Crippen molar-refractivity contribution >= 4 is 12.1 Å². The van der Waals surface area contributed by atoms with Crippen molar-refractivity contribution in [1.29, 1.82) is 0 Å². The summed E-state index contributed by atoms with van der Waals surface area (Å²) in [5.41, 5.74) is -0.481. The highest BCUT2D eigenvalue weighted by atomic mass is 16.6. The minimum Gasteiger partial charge on any atom is -0.444 e. The van der Waals surface area contributed by atoms with Crippen molar-refractivity contribution in [2.24, 2.45) is 4.99 Å². The first-order valence-electron chi connectivity index (χ1n) is 10.6. The number of carbonyl (C=O) groups excluding carboxylic acids is 1. The molecule has 0 spiro atoms. The fourth-order valence-corrected chi connectivity index (χ4v) is 3.31. The minimum atomic E-state index is -0.481. The molecule has 2 heterocycles. The summed E-state index contributed by atoms with van der Waals surface area (Å²) < 4.78 is 16.6. The Morgan fingerprint density at radius 3 is 2.82 bits per heavy atom. The second-order valence-electron chi connectivity index (χ2n) is 8.38. The first-order valence-corrected chi connectivity index (χ1v) is 10.6. The van der Waals surface area contributed by atoms with Crippen LogP contribution in [0.15, 0.2) is 4.99 Å². The van der Waals surface area contributed by atoms with Crippen molar-refractivity contribution in [2.45, 2.75) is 71.1 Å². The van der Waals surface area contributed by atoms with Crippen LogP contribution in [0, 0.1) is 0 Å². The zero-order chi connectivity index (χ0) is 20.4. The highest BCUT2D eigenvalue weighted by Gasteiger charge is 2.27. The number of hydrogen-bond acceptors (Lipinski definition) is 5. The van der Waals surface area contributed by atoms with Crippen LogP contribution in [0.3, 0.4) is 0 Å². The molecule has 8 heteroatoms. The standard InChI is InChI=1S/C20H38N4O4/c1-5-21-18(22-10-7-12-26-15-17-8-6-13-27-17)24-11-9-16(14-24)23-19(25)28-20(2,3)4/h16-17H,5-15H2,1-4H3,(H,21,22)(H,23,25). The quantitative estimate of drug-likeness (QED) is 0.370. The Labute approximate surface area is 169 Å². The second kappa shape index (κ2) is 11.5. The average molecular weight is 399 g/mol. The Bertz CT molecular complexity index is 501. The van der Waals surface area contributed by atoms with Gasteiger partial charge in [0.05, 0.1) is 18.8 Å². The molecule has 8 nitrogen and oxygen atoms in total. The molecule has 1 amide bonds. The maximum atomic E-state index is 12.0. The first-order chi connectivity index (χ1) is 13.4. The van der Waals surface area contributed by atoms with E-state index < -0.39 is 5.60 Å². The van der Waals surface area contributed by atoms with Crippen LogP contribution in [0.25, 0.3) is 0 Å². The monoisotopic (exact) mass is 398 g/mol. The normalized spacial score (nSPS) is 23.1. The minimum absolute atomic E-state index is 0.0773. The molecule has 0 aromatic heterocycles. The number of amides is 1. The predicted octanol–water partition coefficient (Wildman–Crippen LogP) is 2.14.